The smallest absolute Gasteiger partial charge is 0.291 e. The molecule has 3 aromatic rings. The summed E-state index contributed by atoms with van der Waals surface area (Å²) < 4.78 is 14.1. The number of thioether (sulfide) groups is 1. The van der Waals surface area contributed by atoms with Crippen LogP contribution in [0.4, 0.5) is 4.39 Å². The van der Waals surface area contributed by atoms with Crippen LogP contribution >= 0.6 is 23.1 Å². The van der Waals surface area contributed by atoms with E-state index in [1.807, 2.05) is 6.07 Å². The minimum atomic E-state index is -0.575. The van der Waals surface area contributed by atoms with Gasteiger partial charge in [0, 0.05) is 5.75 Å². The lowest BCUT2D eigenvalue weighted by Crippen LogP contribution is -2.20. The number of H-pyrrole nitrogens is 2. The van der Waals surface area contributed by atoms with Crippen LogP contribution in [0.1, 0.15) is 5.56 Å². The molecule has 0 fully saturated rings. The zero-order valence-electron chi connectivity index (χ0n) is 9.97. The molecule has 20 heavy (non-hydrogen) atoms. The van der Waals surface area contributed by atoms with Crippen molar-refractivity contribution < 1.29 is 4.39 Å². The van der Waals surface area contributed by atoms with Crippen molar-refractivity contribution in [3.05, 3.63) is 56.5 Å². The maximum atomic E-state index is 13.1. The molecular weight excluding hydrogens is 301 g/mol. The van der Waals surface area contributed by atoms with E-state index in [0.717, 1.165) is 5.56 Å². The van der Waals surface area contributed by atoms with Crippen molar-refractivity contribution in [1.29, 1.82) is 0 Å². The van der Waals surface area contributed by atoms with Crippen molar-refractivity contribution in [3.8, 4) is 0 Å². The largest absolute Gasteiger partial charge is 0.327 e. The third-order valence-corrected chi connectivity index (χ3v) is 4.79. The van der Waals surface area contributed by atoms with E-state index < -0.39 is 11.2 Å². The maximum Gasteiger partial charge on any atom is 0.327 e. The van der Waals surface area contributed by atoms with Crippen LogP contribution in [-0.4, -0.2) is 15.0 Å². The van der Waals surface area contributed by atoms with Crippen LogP contribution in [0.3, 0.4) is 0 Å². The molecule has 5 nitrogen and oxygen atoms in total. The molecule has 0 aliphatic rings. The van der Waals surface area contributed by atoms with Gasteiger partial charge in [-0.25, -0.2) is 14.2 Å². The normalized spacial score (nSPS) is 11.1. The first-order chi connectivity index (χ1) is 9.61. The summed E-state index contributed by atoms with van der Waals surface area (Å²) in [6, 6.07) is 6.30. The number of fused-ring (bicyclic) bond motifs is 1. The Balaban J connectivity index is 1.87. The van der Waals surface area contributed by atoms with Crippen LogP contribution in [0, 0.1) is 5.82 Å². The van der Waals surface area contributed by atoms with Gasteiger partial charge in [-0.3, -0.25) is 14.8 Å². The average Bonchev–Trinajstić information content (AvgIpc) is 2.80. The van der Waals surface area contributed by atoms with Gasteiger partial charge in [0.2, 0.25) is 0 Å². The minimum absolute atomic E-state index is 0.283. The standard InChI is InChI=1S/C12H8FN3O2S2/c13-7-3-1-2-6(4-7)5-19-12-15-9-8(20-12)10(17)16-11(18)14-9/h1-4H,5H2,(H2,14,16,17,18). The van der Waals surface area contributed by atoms with E-state index in [-0.39, 0.29) is 11.5 Å². The molecule has 2 N–H and O–H groups in total. The topological polar surface area (TPSA) is 78.6 Å². The summed E-state index contributed by atoms with van der Waals surface area (Å²) >= 11 is 2.59. The van der Waals surface area contributed by atoms with Crippen LogP contribution < -0.4 is 11.2 Å². The molecule has 0 saturated heterocycles. The highest BCUT2D eigenvalue weighted by atomic mass is 32.2. The lowest BCUT2D eigenvalue weighted by atomic mass is 10.2. The Hall–Kier alpha value is -1.93. The number of nitrogens with one attached hydrogen (secondary N) is 2. The van der Waals surface area contributed by atoms with Crippen molar-refractivity contribution in [2.45, 2.75) is 10.1 Å². The molecular formula is C12H8FN3O2S2. The highest BCUT2D eigenvalue weighted by Gasteiger charge is 2.09. The molecule has 0 unspecified atom stereocenters. The molecule has 3 rings (SSSR count). The SMILES string of the molecule is O=c1[nH]c(=O)c2sc(SCc3cccc(F)c3)nc2[nH]1. The number of rotatable bonds is 3. The molecule has 2 heterocycles. The van der Waals surface area contributed by atoms with E-state index in [0.29, 0.717) is 14.8 Å². The van der Waals surface area contributed by atoms with Crippen molar-refractivity contribution in [2.75, 3.05) is 0 Å². The summed E-state index contributed by atoms with van der Waals surface area (Å²) in [4.78, 5) is 31.5. The average molecular weight is 309 g/mol. The fraction of sp³-hybridized carbons (Fsp3) is 0.0833. The van der Waals surface area contributed by atoms with Gasteiger partial charge in [0.15, 0.2) is 9.99 Å². The molecule has 2 aromatic heterocycles. The Bertz CT molecular complexity index is 884. The molecule has 0 bridgehead atoms. The predicted octanol–water partition coefficient (Wildman–Crippen LogP) is 2.10. The second-order valence-electron chi connectivity index (χ2n) is 3.98. The van der Waals surface area contributed by atoms with Gasteiger partial charge in [0.25, 0.3) is 5.56 Å². The van der Waals surface area contributed by atoms with E-state index >= 15 is 0 Å². The summed E-state index contributed by atoms with van der Waals surface area (Å²) in [6.45, 7) is 0. The quantitative estimate of drug-likeness (QED) is 0.726. The van der Waals surface area contributed by atoms with Gasteiger partial charge >= 0.3 is 5.69 Å². The fourth-order valence-electron chi connectivity index (χ4n) is 1.67. The Morgan fingerprint density at radius 3 is 2.95 bits per heavy atom. The maximum absolute atomic E-state index is 13.1. The summed E-state index contributed by atoms with van der Waals surface area (Å²) in [6.07, 6.45) is 0. The van der Waals surface area contributed by atoms with E-state index in [2.05, 4.69) is 15.0 Å². The van der Waals surface area contributed by atoms with Gasteiger partial charge in [-0.1, -0.05) is 23.9 Å². The van der Waals surface area contributed by atoms with Gasteiger partial charge in [-0.15, -0.1) is 11.3 Å². The van der Waals surface area contributed by atoms with Gasteiger partial charge in [-0.2, -0.15) is 0 Å². The first-order valence-corrected chi connectivity index (χ1v) is 7.42. The van der Waals surface area contributed by atoms with E-state index in [1.54, 1.807) is 6.07 Å². The molecule has 0 atom stereocenters. The van der Waals surface area contributed by atoms with Gasteiger partial charge in [0.1, 0.15) is 10.5 Å². The summed E-state index contributed by atoms with van der Waals surface area (Å²) in [5, 5.41) is 0. The lowest BCUT2D eigenvalue weighted by Gasteiger charge is -1.98. The predicted molar refractivity (Wildman–Crippen MR) is 76.8 cm³/mol. The van der Waals surface area contributed by atoms with Crippen LogP contribution in [0.25, 0.3) is 10.3 Å². The number of thiazole rings is 1. The van der Waals surface area contributed by atoms with Crippen LogP contribution in [0.15, 0.2) is 38.2 Å². The third kappa shape index (κ3) is 2.66. The highest BCUT2D eigenvalue weighted by molar-refractivity contribution is 8.00. The van der Waals surface area contributed by atoms with Crippen molar-refractivity contribution in [2.24, 2.45) is 0 Å². The second-order valence-corrected chi connectivity index (χ2v) is 6.21. The van der Waals surface area contributed by atoms with Crippen molar-refractivity contribution in [1.82, 2.24) is 15.0 Å². The zero-order valence-corrected chi connectivity index (χ0v) is 11.6. The number of halogens is 1. The van der Waals surface area contributed by atoms with Crippen molar-refractivity contribution >= 4 is 33.4 Å². The van der Waals surface area contributed by atoms with Crippen LogP contribution in [0.5, 0.6) is 0 Å². The number of aromatic amines is 2. The molecule has 102 valence electrons. The third-order valence-electron chi connectivity index (χ3n) is 2.52. The Labute approximate surface area is 119 Å². The number of benzene rings is 1. The molecule has 0 saturated carbocycles. The summed E-state index contributed by atoms with van der Waals surface area (Å²) in [5.41, 5.74) is 0.0930. The monoisotopic (exact) mass is 309 g/mol. The lowest BCUT2D eigenvalue weighted by molar-refractivity contribution is 0.626. The molecule has 0 aliphatic carbocycles. The van der Waals surface area contributed by atoms with E-state index in [1.165, 1.54) is 35.2 Å². The first kappa shape index (κ1) is 13.1. The molecule has 8 heteroatoms. The molecule has 0 amide bonds. The molecule has 0 radical (unpaired) electrons. The fourth-order valence-corrected chi connectivity index (χ4v) is 3.61. The molecule has 1 aromatic carbocycles. The number of hydrogen-bond donors (Lipinski definition) is 2. The first-order valence-electron chi connectivity index (χ1n) is 5.62. The molecule has 0 aliphatic heterocycles. The number of hydrogen-bond acceptors (Lipinski definition) is 5. The Morgan fingerprint density at radius 2 is 2.15 bits per heavy atom. The van der Waals surface area contributed by atoms with Crippen LogP contribution in [-0.2, 0) is 5.75 Å². The van der Waals surface area contributed by atoms with Crippen LogP contribution in [0.2, 0.25) is 0 Å². The van der Waals surface area contributed by atoms with Crippen molar-refractivity contribution in [3.63, 3.8) is 0 Å². The second kappa shape index (κ2) is 5.22. The zero-order chi connectivity index (χ0) is 14.1. The Morgan fingerprint density at radius 1 is 1.30 bits per heavy atom. The molecule has 0 spiro atoms. The van der Waals surface area contributed by atoms with Gasteiger partial charge in [-0.05, 0) is 17.7 Å². The Kier molecular flexibility index (Phi) is 3.41. The van der Waals surface area contributed by atoms with E-state index in [9.17, 15) is 14.0 Å². The number of nitrogens with zero attached hydrogens (tertiary/aromatic N) is 1. The van der Waals surface area contributed by atoms with Gasteiger partial charge in [0.05, 0.1) is 0 Å². The van der Waals surface area contributed by atoms with E-state index in [4.69, 9.17) is 0 Å². The summed E-state index contributed by atoms with van der Waals surface area (Å²) in [5.74, 6) is 0.257. The van der Waals surface area contributed by atoms with Gasteiger partial charge < -0.3 is 0 Å². The summed E-state index contributed by atoms with van der Waals surface area (Å²) in [7, 11) is 0. The number of aromatic nitrogens is 3. The minimum Gasteiger partial charge on any atom is -0.291 e. The highest BCUT2D eigenvalue weighted by Crippen LogP contribution is 2.28.